The smallest absolute Gasteiger partial charge is 0.242 e. The monoisotopic (exact) mass is 394 g/mol. The second-order valence-corrected chi connectivity index (χ2v) is 9.42. The van der Waals surface area contributed by atoms with Crippen molar-refractivity contribution < 1.29 is 4.79 Å². The first-order valence-electron chi connectivity index (χ1n) is 11.0. The van der Waals surface area contributed by atoms with Crippen molar-refractivity contribution in [2.24, 2.45) is 4.99 Å². The number of carbonyl (C=O) groups excluding carboxylic acids is 1. The molecule has 0 unspecified atom stereocenters. The van der Waals surface area contributed by atoms with Crippen molar-refractivity contribution >= 4 is 11.9 Å². The second kappa shape index (κ2) is 10.4. The summed E-state index contributed by atoms with van der Waals surface area (Å²) in [6.07, 6.45) is 6.32. The molecule has 3 N–H and O–H groups in total. The van der Waals surface area contributed by atoms with E-state index < -0.39 is 0 Å². The molecule has 7 heteroatoms. The van der Waals surface area contributed by atoms with Gasteiger partial charge in [-0.2, -0.15) is 0 Å². The van der Waals surface area contributed by atoms with Gasteiger partial charge in [-0.3, -0.25) is 9.69 Å². The number of hydrogen-bond donors (Lipinski definition) is 3. The minimum absolute atomic E-state index is 0.0465. The van der Waals surface area contributed by atoms with E-state index in [2.05, 4.69) is 44.7 Å². The number of likely N-dealkylation sites (tertiary alicyclic amines) is 2. The van der Waals surface area contributed by atoms with Gasteiger partial charge in [0.05, 0.1) is 0 Å². The van der Waals surface area contributed by atoms with E-state index in [1.807, 2.05) is 20.8 Å². The summed E-state index contributed by atoms with van der Waals surface area (Å²) in [5.74, 6) is 0.691. The van der Waals surface area contributed by atoms with Crippen LogP contribution in [0.3, 0.4) is 0 Å². The number of hydrogen-bond acceptors (Lipinski definition) is 4. The summed E-state index contributed by atoms with van der Waals surface area (Å²) >= 11 is 0. The predicted octanol–water partition coefficient (Wildman–Crippen LogP) is 1.41. The number of piperidine rings is 2. The number of guanidine groups is 1. The van der Waals surface area contributed by atoms with Gasteiger partial charge in [0, 0.05) is 24.2 Å². The molecular weight excluding hydrogens is 352 g/mol. The number of nitrogens with zero attached hydrogens (tertiary/aromatic N) is 3. The Labute approximate surface area is 171 Å². The van der Waals surface area contributed by atoms with E-state index in [1.54, 1.807) is 0 Å². The number of aliphatic imine (C=N–C) groups is 1. The van der Waals surface area contributed by atoms with Crippen LogP contribution >= 0.6 is 0 Å². The molecule has 0 radical (unpaired) electrons. The van der Waals surface area contributed by atoms with Crippen LogP contribution in [-0.2, 0) is 4.79 Å². The van der Waals surface area contributed by atoms with Crippen LogP contribution in [0.1, 0.15) is 59.8 Å². The lowest BCUT2D eigenvalue weighted by atomic mass is 9.84. The molecule has 2 rings (SSSR count). The van der Waals surface area contributed by atoms with Gasteiger partial charge in [0.2, 0.25) is 5.91 Å². The van der Waals surface area contributed by atoms with E-state index in [0.717, 1.165) is 32.1 Å². The Morgan fingerprint density at radius 1 is 1.04 bits per heavy atom. The zero-order chi connectivity index (χ0) is 20.6. The Kier molecular flexibility index (Phi) is 8.56. The van der Waals surface area contributed by atoms with E-state index in [-0.39, 0.29) is 23.5 Å². The molecule has 0 aromatic carbocycles. The van der Waals surface area contributed by atoms with Gasteiger partial charge in [-0.25, -0.2) is 4.99 Å². The first kappa shape index (κ1) is 22.9. The molecule has 2 saturated heterocycles. The van der Waals surface area contributed by atoms with Crippen LogP contribution in [0.4, 0.5) is 0 Å². The molecule has 28 heavy (non-hydrogen) atoms. The van der Waals surface area contributed by atoms with Gasteiger partial charge in [0.25, 0.3) is 0 Å². The molecule has 0 spiro atoms. The Bertz CT molecular complexity index is 513. The molecule has 0 bridgehead atoms. The molecule has 0 aromatic rings. The van der Waals surface area contributed by atoms with Gasteiger partial charge in [-0.1, -0.05) is 6.42 Å². The van der Waals surface area contributed by atoms with Gasteiger partial charge in [-0.05, 0) is 86.6 Å². The highest BCUT2D eigenvalue weighted by Crippen LogP contribution is 2.30. The number of carbonyl (C=O) groups is 1. The normalized spacial score (nSPS) is 22.0. The summed E-state index contributed by atoms with van der Waals surface area (Å²) in [6.45, 7) is 14.5. The van der Waals surface area contributed by atoms with Crippen molar-refractivity contribution in [2.45, 2.75) is 70.9 Å². The molecule has 0 aliphatic carbocycles. The van der Waals surface area contributed by atoms with Gasteiger partial charge < -0.3 is 20.9 Å². The lowest BCUT2D eigenvalue weighted by Gasteiger charge is -2.50. The largest absolute Gasteiger partial charge is 0.357 e. The Morgan fingerprint density at radius 2 is 1.68 bits per heavy atom. The molecule has 2 heterocycles. The van der Waals surface area contributed by atoms with Crippen molar-refractivity contribution in [3.63, 3.8) is 0 Å². The van der Waals surface area contributed by atoms with E-state index in [0.29, 0.717) is 0 Å². The third kappa shape index (κ3) is 7.24. The van der Waals surface area contributed by atoms with Crippen LogP contribution in [0, 0.1) is 0 Å². The maximum absolute atomic E-state index is 12.1. The van der Waals surface area contributed by atoms with E-state index >= 15 is 0 Å². The summed E-state index contributed by atoms with van der Waals surface area (Å²) in [6, 6.07) is 0. The molecular formula is C21H42N6O. The van der Waals surface area contributed by atoms with E-state index in [1.165, 1.54) is 45.2 Å². The van der Waals surface area contributed by atoms with Crippen molar-refractivity contribution in [1.82, 2.24) is 25.8 Å². The summed E-state index contributed by atoms with van der Waals surface area (Å²) < 4.78 is 0. The first-order chi connectivity index (χ1) is 13.2. The molecule has 2 fully saturated rings. The SMILES string of the molecule is CCNC(=NCC(=O)NC(C)(C)C)NCC1(N2CCCCC2)CCN(C)CC1. The van der Waals surface area contributed by atoms with Crippen molar-refractivity contribution in [3.05, 3.63) is 0 Å². The highest BCUT2D eigenvalue weighted by Gasteiger charge is 2.39. The number of nitrogens with one attached hydrogen (secondary N) is 3. The Morgan fingerprint density at radius 3 is 2.25 bits per heavy atom. The van der Waals surface area contributed by atoms with E-state index in [4.69, 9.17) is 0 Å². The first-order valence-corrected chi connectivity index (χ1v) is 11.0. The van der Waals surface area contributed by atoms with E-state index in [9.17, 15) is 4.79 Å². The van der Waals surface area contributed by atoms with Gasteiger partial charge in [0.15, 0.2) is 5.96 Å². The average molecular weight is 395 g/mol. The minimum atomic E-state index is -0.231. The second-order valence-electron chi connectivity index (χ2n) is 9.42. The van der Waals surface area contributed by atoms with Crippen LogP contribution in [-0.4, -0.2) is 85.6 Å². The molecule has 2 aliphatic rings. The van der Waals surface area contributed by atoms with Crippen LogP contribution in [0.15, 0.2) is 4.99 Å². The molecule has 1 amide bonds. The number of amides is 1. The van der Waals surface area contributed by atoms with Crippen molar-refractivity contribution in [3.8, 4) is 0 Å². The van der Waals surface area contributed by atoms with Crippen molar-refractivity contribution in [2.75, 3.05) is 52.9 Å². The van der Waals surface area contributed by atoms with Gasteiger partial charge >= 0.3 is 0 Å². The van der Waals surface area contributed by atoms with Gasteiger partial charge in [-0.15, -0.1) is 0 Å². The zero-order valence-electron chi connectivity index (χ0n) is 18.7. The maximum atomic E-state index is 12.1. The zero-order valence-corrected chi connectivity index (χ0v) is 18.7. The lowest BCUT2D eigenvalue weighted by molar-refractivity contribution is -0.121. The quantitative estimate of drug-likeness (QED) is 0.469. The van der Waals surface area contributed by atoms with Crippen LogP contribution < -0.4 is 16.0 Å². The fourth-order valence-electron chi connectivity index (χ4n) is 4.21. The fraction of sp³-hybridized carbons (Fsp3) is 0.905. The third-order valence-electron chi connectivity index (χ3n) is 5.77. The molecule has 162 valence electrons. The molecule has 2 aliphatic heterocycles. The Balaban J connectivity index is 2.00. The predicted molar refractivity (Wildman–Crippen MR) is 117 cm³/mol. The van der Waals surface area contributed by atoms with Gasteiger partial charge in [0.1, 0.15) is 6.54 Å². The number of rotatable bonds is 6. The third-order valence-corrected chi connectivity index (χ3v) is 5.77. The molecule has 0 saturated carbocycles. The highest BCUT2D eigenvalue weighted by atomic mass is 16.2. The summed E-state index contributed by atoms with van der Waals surface area (Å²) in [4.78, 5) is 21.8. The summed E-state index contributed by atoms with van der Waals surface area (Å²) in [5.41, 5.74) is -0.0401. The fourth-order valence-corrected chi connectivity index (χ4v) is 4.21. The van der Waals surface area contributed by atoms with Crippen LogP contribution in [0.2, 0.25) is 0 Å². The standard InChI is InChI=1S/C21H42N6O/c1-6-22-19(23-16-18(28)25-20(2,3)4)24-17-21(10-14-26(5)15-11-21)27-12-8-7-9-13-27/h6-17H2,1-5H3,(H,25,28)(H2,22,23,24). The summed E-state index contributed by atoms with van der Waals surface area (Å²) in [5, 5.41) is 9.83. The van der Waals surface area contributed by atoms with Crippen LogP contribution in [0.25, 0.3) is 0 Å². The average Bonchev–Trinajstić information content (AvgIpc) is 2.65. The minimum Gasteiger partial charge on any atom is -0.357 e. The van der Waals surface area contributed by atoms with Crippen molar-refractivity contribution in [1.29, 1.82) is 0 Å². The summed E-state index contributed by atoms with van der Waals surface area (Å²) in [7, 11) is 2.22. The Hall–Kier alpha value is -1.34. The van der Waals surface area contributed by atoms with Crippen LogP contribution in [0.5, 0.6) is 0 Å². The lowest BCUT2D eigenvalue weighted by Crippen LogP contribution is -2.62. The molecule has 0 aromatic heterocycles. The topological polar surface area (TPSA) is 72.0 Å². The molecule has 0 atom stereocenters. The maximum Gasteiger partial charge on any atom is 0.242 e. The highest BCUT2D eigenvalue weighted by molar-refractivity contribution is 5.85. The molecule has 7 nitrogen and oxygen atoms in total.